The van der Waals surface area contributed by atoms with E-state index < -0.39 is 41.2 Å². The van der Waals surface area contributed by atoms with Crippen LogP contribution in [0.2, 0.25) is 0 Å². The number of alkyl halides is 12. The van der Waals surface area contributed by atoms with Crippen molar-refractivity contribution in [2.45, 2.75) is 35.2 Å². The van der Waals surface area contributed by atoms with E-state index >= 15 is 0 Å². The van der Waals surface area contributed by atoms with E-state index in [-0.39, 0.29) is 0 Å². The third-order valence-corrected chi connectivity index (χ3v) is 2.48. The lowest BCUT2D eigenvalue weighted by atomic mass is 9.94. The average Bonchev–Trinajstić information content (AvgIpc) is 2.36. The summed E-state index contributed by atoms with van der Waals surface area (Å²) in [5, 5.41) is 0. The van der Waals surface area contributed by atoms with Crippen LogP contribution in [0.1, 0.15) is 0 Å². The van der Waals surface area contributed by atoms with Gasteiger partial charge >= 0.3 is 35.6 Å². The molecule has 1 atom stereocenters. The highest BCUT2D eigenvalue weighted by molar-refractivity contribution is 6.20. The van der Waals surface area contributed by atoms with Crippen molar-refractivity contribution >= 4 is 17.6 Å². The number of hydrogen-bond donors (Lipinski definition) is 0. The van der Waals surface area contributed by atoms with E-state index in [9.17, 15) is 57.6 Å². The van der Waals surface area contributed by atoms with Crippen molar-refractivity contribution in [3.05, 3.63) is 0 Å². The molecule has 0 aliphatic heterocycles. The van der Waals surface area contributed by atoms with Crippen LogP contribution in [0, 0.1) is 0 Å². The Kier molecular flexibility index (Phi) is 5.26. The zero-order chi connectivity index (χ0) is 18.4. The number of halogens is 13. The first-order chi connectivity index (χ1) is 9.42. The predicted molar refractivity (Wildman–Crippen MR) is 42.7 cm³/mol. The third-order valence-electron chi connectivity index (χ3n) is 2.20. The molecule has 0 aromatic heterocycles. The van der Waals surface area contributed by atoms with E-state index in [0.29, 0.717) is 0 Å². The molecule has 0 aromatic carbocycles. The molecule has 0 aliphatic carbocycles. The Hall–Kier alpha value is -1.08. The molecule has 0 aromatic rings. The van der Waals surface area contributed by atoms with Crippen LogP contribution in [0.5, 0.6) is 0 Å². The number of carbonyl (C=O) groups excluding carboxylic acids is 1. The first-order valence-corrected chi connectivity index (χ1v) is 4.86. The Balaban J connectivity index is 6.17. The van der Waals surface area contributed by atoms with Crippen molar-refractivity contribution in [3.8, 4) is 0 Å². The lowest BCUT2D eigenvalue weighted by Crippen LogP contribution is -2.69. The minimum atomic E-state index is -7.74. The van der Waals surface area contributed by atoms with E-state index in [1.807, 2.05) is 0 Å². The van der Waals surface area contributed by atoms with Crippen LogP contribution in [0.3, 0.4) is 0 Å². The van der Waals surface area contributed by atoms with Gasteiger partial charge in [-0.25, -0.2) is 14.1 Å². The van der Waals surface area contributed by atoms with Gasteiger partial charge in [0.05, 0.1) is 0 Å². The zero-order valence-electron chi connectivity index (χ0n) is 9.31. The number of rotatable bonds is 6. The highest BCUT2D eigenvalue weighted by atomic mass is 35.5. The van der Waals surface area contributed by atoms with Crippen molar-refractivity contribution in [1.82, 2.24) is 0 Å². The standard InChI is InChI=1S/C7HClF12O2/c8-1(9)3(10,11)5(14,15)7(18,19)6(16,17)4(12,13)2(21)22-20/h1H. The van der Waals surface area contributed by atoms with Crippen molar-refractivity contribution in [3.63, 3.8) is 0 Å². The van der Waals surface area contributed by atoms with E-state index in [1.54, 1.807) is 0 Å². The highest BCUT2D eigenvalue weighted by Gasteiger charge is 2.89. The zero-order valence-corrected chi connectivity index (χ0v) is 10.1. The molecule has 0 fully saturated rings. The Morgan fingerprint density at radius 2 is 1.18 bits per heavy atom. The molecular formula is C7HClF12O2. The maximum Gasteiger partial charge on any atom is 0.424 e. The van der Waals surface area contributed by atoms with Gasteiger partial charge in [0.1, 0.15) is 0 Å². The summed E-state index contributed by atoms with van der Waals surface area (Å²) in [4.78, 5) is 11.5. The predicted octanol–water partition coefficient (Wildman–Crippen LogP) is 4.12. The van der Waals surface area contributed by atoms with E-state index in [0.717, 1.165) is 0 Å². The molecule has 0 saturated heterocycles. The van der Waals surface area contributed by atoms with E-state index in [2.05, 4.69) is 11.6 Å². The minimum absolute atomic E-state index is 1.51. The Labute approximate surface area is 116 Å². The van der Waals surface area contributed by atoms with Gasteiger partial charge in [0.2, 0.25) is 5.63 Å². The Bertz CT molecular complexity index is 433. The van der Waals surface area contributed by atoms with Crippen LogP contribution in [-0.4, -0.2) is 41.2 Å². The average molecular weight is 381 g/mol. The molecule has 0 rings (SSSR count). The van der Waals surface area contributed by atoms with Crippen LogP contribution >= 0.6 is 11.6 Å². The monoisotopic (exact) mass is 380 g/mol. The van der Waals surface area contributed by atoms with Crippen molar-refractivity contribution in [2.24, 2.45) is 0 Å². The van der Waals surface area contributed by atoms with Crippen LogP contribution in [0.25, 0.3) is 0 Å². The lowest BCUT2D eigenvalue weighted by Gasteiger charge is -2.38. The van der Waals surface area contributed by atoms with Crippen LogP contribution in [-0.2, 0) is 9.74 Å². The Morgan fingerprint density at radius 1 is 0.818 bits per heavy atom. The van der Waals surface area contributed by atoms with Gasteiger partial charge in [-0.15, -0.1) is 0 Å². The fourth-order valence-electron chi connectivity index (χ4n) is 0.917. The molecule has 0 radical (unpaired) electrons. The first kappa shape index (κ1) is 20.9. The summed E-state index contributed by atoms with van der Waals surface area (Å²) in [6.07, 6.45) is 0. The maximum absolute atomic E-state index is 12.8. The molecule has 0 saturated carbocycles. The topological polar surface area (TPSA) is 26.3 Å². The van der Waals surface area contributed by atoms with Gasteiger partial charge in [-0.1, -0.05) is 11.6 Å². The largest absolute Gasteiger partial charge is 0.424 e. The molecule has 2 nitrogen and oxygen atoms in total. The SMILES string of the molecule is O=C(OF)C(F)(F)C(F)(F)C(F)(F)C(F)(F)C(F)(F)C(F)Cl. The normalized spacial score (nSPS) is 16.4. The molecule has 0 bridgehead atoms. The summed E-state index contributed by atoms with van der Waals surface area (Å²) in [6, 6.07) is 0. The molecule has 15 heteroatoms. The molecular weight excluding hydrogens is 380 g/mol. The van der Waals surface area contributed by atoms with Gasteiger partial charge in [0.15, 0.2) is 0 Å². The quantitative estimate of drug-likeness (QED) is 0.512. The van der Waals surface area contributed by atoms with Crippen molar-refractivity contribution in [2.75, 3.05) is 0 Å². The number of carbonyl (C=O) groups is 1. The van der Waals surface area contributed by atoms with E-state index in [1.165, 1.54) is 4.94 Å². The van der Waals surface area contributed by atoms with Crippen molar-refractivity contribution in [1.29, 1.82) is 0 Å². The lowest BCUT2D eigenvalue weighted by molar-refractivity contribution is -0.401. The maximum atomic E-state index is 12.8. The molecule has 0 N–H and O–H groups in total. The smallest absolute Gasteiger partial charge is 0.248 e. The Morgan fingerprint density at radius 3 is 1.45 bits per heavy atom. The summed E-state index contributed by atoms with van der Waals surface area (Å²) < 4.78 is 150. The van der Waals surface area contributed by atoms with E-state index in [4.69, 9.17) is 0 Å². The molecule has 0 spiro atoms. The van der Waals surface area contributed by atoms with Crippen LogP contribution in [0.4, 0.5) is 52.8 Å². The second kappa shape index (κ2) is 5.53. The van der Waals surface area contributed by atoms with Gasteiger partial charge in [-0.2, -0.15) is 43.9 Å². The summed E-state index contributed by atoms with van der Waals surface area (Å²) in [6.45, 7) is 0. The van der Waals surface area contributed by atoms with Gasteiger partial charge in [0.25, 0.3) is 0 Å². The van der Waals surface area contributed by atoms with Gasteiger partial charge < -0.3 is 0 Å². The fraction of sp³-hybridized carbons (Fsp3) is 0.857. The summed E-state index contributed by atoms with van der Waals surface area (Å²) >= 11 is 3.80. The third kappa shape index (κ3) is 2.54. The molecule has 132 valence electrons. The van der Waals surface area contributed by atoms with Gasteiger partial charge in [0, 0.05) is 4.53 Å². The molecule has 0 heterocycles. The van der Waals surface area contributed by atoms with Gasteiger partial charge in [-0.3, -0.25) is 0 Å². The second-order valence-electron chi connectivity index (χ2n) is 3.59. The van der Waals surface area contributed by atoms with Crippen molar-refractivity contribution < 1.29 is 62.6 Å². The summed E-state index contributed by atoms with van der Waals surface area (Å²) in [5.41, 5.74) is -4.69. The summed E-state index contributed by atoms with van der Waals surface area (Å²) in [5.74, 6) is -40.6. The minimum Gasteiger partial charge on any atom is -0.248 e. The highest BCUT2D eigenvalue weighted by Crippen LogP contribution is 2.58. The van der Waals surface area contributed by atoms with Gasteiger partial charge in [-0.05, 0) is 0 Å². The molecule has 22 heavy (non-hydrogen) atoms. The molecule has 0 aliphatic rings. The number of hydrogen-bond acceptors (Lipinski definition) is 2. The first-order valence-electron chi connectivity index (χ1n) is 4.43. The van der Waals surface area contributed by atoms with Crippen LogP contribution < -0.4 is 0 Å². The second-order valence-corrected chi connectivity index (χ2v) is 3.97. The summed E-state index contributed by atoms with van der Waals surface area (Å²) in [7, 11) is 0. The fourth-order valence-corrected chi connectivity index (χ4v) is 1.05. The molecule has 1 unspecified atom stereocenters. The van der Waals surface area contributed by atoms with Crippen LogP contribution in [0.15, 0.2) is 0 Å². The molecule has 0 amide bonds.